The molecule has 0 radical (unpaired) electrons. The van der Waals surface area contributed by atoms with Crippen LogP contribution in [0.1, 0.15) is 23.2 Å². The fourth-order valence-electron chi connectivity index (χ4n) is 3.16. The number of benzene rings is 1. The lowest BCUT2D eigenvalue weighted by Gasteiger charge is -2.38. The minimum absolute atomic E-state index is 0.0476. The summed E-state index contributed by atoms with van der Waals surface area (Å²) in [5.41, 5.74) is 0.548. The van der Waals surface area contributed by atoms with Crippen LogP contribution in [0.15, 0.2) is 30.3 Å². The Balaban J connectivity index is 1.77. The van der Waals surface area contributed by atoms with Gasteiger partial charge in [-0.2, -0.15) is 0 Å². The van der Waals surface area contributed by atoms with Gasteiger partial charge in [0.15, 0.2) is 0 Å². The van der Waals surface area contributed by atoms with Gasteiger partial charge in [-0.25, -0.2) is 4.79 Å². The van der Waals surface area contributed by atoms with E-state index in [-0.39, 0.29) is 24.4 Å². The van der Waals surface area contributed by atoms with E-state index < -0.39 is 12.0 Å². The molecule has 1 aromatic carbocycles. The third kappa shape index (κ3) is 2.37. The van der Waals surface area contributed by atoms with Crippen molar-refractivity contribution in [3.8, 4) is 0 Å². The Morgan fingerprint density at radius 3 is 2.52 bits per heavy atom. The number of nitrogens with zero attached hydrogens (tertiary/aromatic N) is 2. The van der Waals surface area contributed by atoms with Gasteiger partial charge < -0.3 is 14.9 Å². The number of hydrogen-bond donors (Lipinski definition) is 1. The fourth-order valence-corrected chi connectivity index (χ4v) is 3.16. The number of aliphatic carboxylic acids is 1. The zero-order valence-electron chi connectivity index (χ0n) is 11.4. The summed E-state index contributed by atoms with van der Waals surface area (Å²) in [4.78, 5) is 38.7. The van der Waals surface area contributed by atoms with Crippen LogP contribution in [0.4, 0.5) is 0 Å². The second-order valence-electron chi connectivity index (χ2n) is 5.44. The van der Waals surface area contributed by atoms with Crippen molar-refractivity contribution >= 4 is 17.8 Å². The summed E-state index contributed by atoms with van der Waals surface area (Å²) in [5, 5.41) is 9.15. The number of hydrogen-bond acceptors (Lipinski definition) is 3. The van der Waals surface area contributed by atoms with E-state index in [0.29, 0.717) is 24.9 Å². The van der Waals surface area contributed by atoms with E-state index in [9.17, 15) is 14.4 Å². The molecular formula is C15H16N2O4. The summed E-state index contributed by atoms with van der Waals surface area (Å²) in [6.45, 7) is 0.358. The fraction of sp³-hybridized carbons (Fsp3) is 0.400. The molecule has 3 rings (SSSR count). The average molecular weight is 288 g/mol. The van der Waals surface area contributed by atoms with E-state index in [1.54, 1.807) is 24.3 Å². The number of fused-ring (bicyclic) bond motifs is 1. The van der Waals surface area contributed by atoms with Gasteiger partial charge in [0, 0.05) is 12.1 Å². The van der Waals surface area contributed by atoms with Crippen molar-refractivity contribution in [1.82, 2.24) is 9.80 Å². The molecule has 0 aliphatic carbocycles. The molecule has 1 aromatic rings. The molecule has 2 atom stereocenters. The number of carbonyl (C=O) groups is 3. The van der Waals surface area contributed by atoms with E-state index in [1.807, 2.05) is 6.07 Å². The summed E-state index contributed by atoms with van der Waals surface area (Å²) < 4.78 is 0. The summed E-state index contributed by atoms with van der Waals surface area (Å²) in [6, 6.07) is 7.90. The predicted octanol–water partition coefficient (Wildman–Crippen LogP) is 0.587. The average Bonchev–Trinajstić information content (AvgIpc) is 2.92. The predicted molar refractivity (Wildman–Crippen MR) is 73.6 cm³/mol. The molecule has 6 heteroatoms. The SMILES string of the molecule is O=C(O)C1CCC2CN(C(=O)c3ccccc3)CC(=O)N21. The highest BCUT2D eigenvalue weighted by Crippen LogP contribution is 2.28. The van der Waals surface area contributed by atoms with Gasteiger partial charge in [-0.05, 0) is 25.0 Å². The van der Waals surface area contributed by atoms with Gasteiger partial charge in [-0.3, -0.25) is 9.59 Å². The molecule has 6 nitrogen and oxygen atoms in total. The molecule has 2 aliphatic rings. The Hall–Kier alpha value is -2.37. The molecule has 110 valence electrons. The monoisotopic (exact) mass is 288 g/mol. The van der Waals surface area contributed by atoms with Gasteiger partial charge in [-0.1, -0.05) is 18.2 Å². The Morgan fingerprint density at radius 2 is 1.86 bits per heavy atom. The van der Waals surface area contributed by atoms with Gasteiger partial charge in [-0.15, -0.1) is 0 Å². The second kappa shape index (κ2) is 5.20. The number of carbonyl (C=O) groups excluding carboxylic acids is 2. The number of rotatable bonds is 2. The first-order valence-electron chi connectivity index (χ1n) is 6.96. The molecule has 2 heterocycles. The van der Waals surface area contributed by atoms with Gasteiger partial charge in [0.25, 0.3) is 5.91 Å². The normalized spacial score (nSPS) is 24.9. The Labute approximate surface area is 122 Å². The molecule has 0 saturated carbocycles. The topological polar surface area (TPSA) is 77.9 Å². The lowest BCUT2D eigenvalue weighted by atomic mass is 10.1. The zero-order valence-corrected chi connectivity index (χ0v) is 11.4. The number of carboxylic acid groups (broad SMARTS) is 1. The Kier molecular flexibility index (Phi) is 3.37. The van der Waals surface area contributed by atoms with Crippen molar-refractivity contribution in [2.24, 2.45) is 0 Å². The van der Waals surface area contributed by atoms with E-state index >= 15 is 0 Å². The quantitative estimate of drug-likeness (QED) is 0.864. The summed E-state index contributed by atoms with van der Waals surface area (Å²) in [5.74, 6) is -1.42. The molecule has 1 N–H and O–H groups in total. The van der Waals surface area contributed by atoms with Crippen molar-refractivity contribution in [2.75, 3.05) is 13.1 Å². The maximum Gasteiger partial charge on any atom is 0.326 e. The summed E-state index contributed by atoms with van der Waals surface area (Å²) in [7, 11) is 0. The van der Waals surface area contributed by atoms with Gasteiger partial charge >= 0.3 is 5.97 Å². The molecule has 2 amide bonds. The first-order chi connectivity index (χ1) is 10.1. The van der Waals surface area contributed by atoms with Gasteiger partial charge in [0.05, 0.1) is 6.04 Å². The lowest BCUT2D eigenvalue weighted by molar-refractivity contribution is -0.152. The minimum atomic E-state index is -0.964. The molecule has 2 saturated heterocycles. The van der Waals surface area contributed by atoms with Crippen LogP contribution in [0.3, 0.4) is 0 Å². The highest BCUT2D eigenvalue weighted by atomic mass is 16.4. The molecule has 0 bridgehead atoms. The Morgan fingerprint density at radius 1 is 1.14 bits per heavy atom. The van der Waals surface area contributed by atoms with Crippen LogP contribution < -0.4 is 0 Å². The third-order valence-electron chi connectivity index (χ3n) is 4.14. The standard InChI is InChI=1S/C15H16N2O4/c18-13-9-16(14(19)10-4-2-1-3-5-10)8-11-6-7-12(15(20)21)17(11)13/h1-5,11-12H,6-9H2,(H,20,21). The summed E-state index contributed by atoms with van der Waals surface area (Å²) in [6.07, 6.45) is 1.08. The molecule has 2 aliphatic heterocycles. The van der Waals surface area contributed by atoms with E-state index in [1.165, 1.54) is 9.80 Å². The highest BCUT2D eigenvalue weighted by molar-refractivity contribution is 5.97. The number of amides is 2. The van der Waals surface area contributed by atoms with Crippen molar-refractivity contribution in [1.29, 1.82) is 0 Å². The number of carboxylic acids is 1. The molecule has 0 aromatic heterocycles. The molecular weight excluding hydrogens is 272 g/mol. The van der Waals surface area contributed by atoms with Gasteiger partial charge in [0.1, 0.15) is 12.6 Å². The zero-order chi connectivity index (χ0) is 15.0. The van der Waals surface area contributed by atoms with Crippen LogP contribution in [0.25, 0.3) is 0 Å². The molecule has 2 unspecified atom stereocenters. The van der Waals surface area contributed by atoms with Crippen molar-refractivity contribution < 1.29 is 19.5 Å². The smallest absolute Gasteiger partial charge is 0.326 e. The van der Waals surface area contributed by atoms with Crippen molar-refractivity contribution in [3.05, 3.63) is 35.9 Å². The van der Waals surface area contributed by atoms with Crippen molar-refractivity contribution in [2.45, 2.75) is 24.9 Å². The number of piperazine rings is 1. The third-order valence-corrected chi connectivity index (χ3v) is 4.14. The first kappa shape index (κ1) is 13.6. The maximum atomic E-state index is 12.4. The maximum absolute atomic E-state index is 12.4. The van der Waals surface area contributed by atoms with Crippen LogP contribution in [-0.2, 0) is 9.59 Å². The van der Waals surface area contributed by atoms with Crippen LogP contribution >= 0.6 is 0 Å². The second-order valence-corrected chi connectivity index (χ2v) is 5.44. The lowest BCUT2D eigenvalue weighted by Crippen LogP contribution is -2.58. The van der Waals surface area contributed by atoms with E-state index in [2.05, 4.69) is 0 Å². The van der Waals surface area contributed by atoms with Crippen LogP contribution in [0.2, 0.25) is 0 Å². The molecule has 21 heavy (non-hydrogen) atoms. The summed E-state index contributed by atoms with van der Waals surface area (Å²) >= 11 is 0. The minimum Gasteiger partial charge on any atom is -0.480 e. The van der Waals surface area contributed by atoms with Crippen LogP contribution in [0, 0.1) is 0 Å². The first-order valence-corrected chi connectivity index (χ1v) is 6.96. The van der Waals surface area contributed by atoms with E-state index in [0.717, 1.165) is 0 Å². The highest BCUT2D eigenvalue weighted by Gasteiger charge is 2.45. The van der Waals surface area contributed by atoms with Crippen LogP contribution in [0.5, 0.6) is 0 Å². The van der Waals surface area contributed by atoms with E-state index in [4.69, 9.17) is 5.11 Å². The Bertz CT molecular complexity index is 587. The molecule has 2 fully saturated rings. The largest absolute Gasteiger partial charge is 0.480 e. The van der Waals surface area contributed by atoms with Gasteiger partial charge in [0.2, 0.25) is 5.91 Å². The van der Waals surface area contributed by atoms with Crippen LogP contribution in [-0.4, -0.2) is 57.9 Å². The molecule has 0 spiro atoms. The van der Waals surface area contributed by atoms with Crippen molar-refractivity contribution in [3.63, 3.8) is 0 Å².